The highest BCUT2D eigenvalue weighted by atomic mass is 35.5. The first kappa shape index (κ1) is 20.6. The van der Waals surface area contributed by atoms with E-state index < -0.39 is 5.97 Å². The molecule has 0 radical (unpaired) electrons. The van der Waals surface area contributed by atoms with Crippen LogP contribution in [0.1, 0.15) is 21.8 Å². The van der Waals surface area contributed by atoms with Crippen LogP contribution in [-0.4, -0.2) is 20.7 Å². The maximum Gasteiger partial charge on any atom is 0.331 e. The Morgan fingerprint density at radius 2 is 1.93 bits per heavy atom. The fourth-order valence-electron chi connectivity index (χ4n) is 2.96. The average Bonchev–Trinajstić information content (AvgIpc) is 3.27. The van der Waals surface area contributed by atoms with Gasteiger partial charge in [0, 0.05) is 16.7 Å². The van der Waals surface area contributed by atoms with Crippen LogP contribution in [0.4, 0.5) is 0 Å². The summed E-state index contributed by atoms with van der Waals surface area (Å²) >= 11 is 14.2. The molecule has 0 saturated heterocycles. The Balaban J connectivity index is 1.42. The lowest BCUT2D eigenvalue weighted by atomic mass is 10.2. The number of esters is 1. The van der Waals surface area contributed by atoms with Crippen LogP contribution in [0.2, 0.25) is 10.2 Å². The van der Waals surface area contributed by atoms with E-state index in [1.54, 1.807) is 10.8 Å². The second-order valence-electron chi connectivity index (χ2n) is 6.56. The van der Waals surface area contributed by atoms with Crippen molar-refractivity contribution >= 4 is 56.8 Å². The zero-order valence-electron chi connectivity index (χ0n) is 16.0. The zero-order chi connectivity index (χ0) is 21.1. The normalized spacial score (nSPS) is 11.4. The summed E-state index contributed by atoms with van der Waals surface area (Å²) in [6.07, 6.45) is 2.97. The van der Waals surface area contributed by atoms with Gasteiger partial charge in [0.05, 0.1) is 22.5 Å². The number of carbonyl (C=O) groups is 1. The van der Waals surface area contributed by atoms with Gasteiger partial charge in [-0.2, -0.15) is 5.10 Å². The lowest BCUT2D eigenvalue weighted by Crippen LogP contribution is -2.02. The number of para-hydroxylation sites is 1. The third kappa shape index (κ3) is 4.56. The number of rotatable bonds is 6. The van der Waals surface area contributed by atoms with Gasteiger partial charge in [0.1, 0.15) is 16.8 Å². The molecule has 0 bridgehead atoms. The first-order chi connectivity index (χ1) is 14.5. The van der Waals surface area contributed by atoms with E-state index in [9.17, 15) is 4.79 Å². The highest BCUT2D eigenvalue weighted by Crippen LogP contribution is 2.25. The molecule has 30 heavy (non-hydrogen) atoms. The van der Waals surface area contributed by atoms with Gasteiger partial charge in [-0.25, -0.2) is 14.5 Å². The molecular weight excluding hydrogens is 441 g/mol. The summed E-state index contributed by atoms with van der Waals surface area (Å²) in [5.74, 6) is -0.469. The topological polar surface area (TPSA) is 57.0 Å². The average molecular weight is 458 g/mol. The summed E-state index contributed by atoms with van der Waals surface area (Å²) in [6, 6.07) is 15.3. The zero-order valence-corrected chi connectivity index (χ0v) is 18.3. The third-order valence-electron chi connectivity index (χ3n) is 4.45. The van der Waals surface area contributed by atoms with Gasteiger partial charge in [-0.05, 0) is 36.8 Å². The van der Waals surface area contributed by atoms with Gasteiger partial charge >= 0.3 is 5.97 Å². The van der Waals surface area contributed by atoms with Crippen LogP contribution in [0.15, 0.2) is 54.6 Å². The van der Waals surface area contributed by atoms with Crippen molar-refractivity contribution in [3.63, 3.8) is 0 Å². The number of aryl methyl sites for hydroxylation is 1. The monoisotopic (exact) mass is 457 g/mol. The third-order valence-corrected chi connectivity index (χ3v) is 6.23. The minimum absolute atomic E-state index is 0.126. The molecule has 0 N–H and O–H groups in total. The van der Waals surface area contributed by atoms with Gasteiger partial charge in [-0.1, -0.05) is 53.5 Å². The molecule has 0 atom stereocenters. The van der Waals surface area contributed by atoms with Crippen LogP contribution in [0.3, 0.4) is 0 Å². The molecule has 0 fully saturated rings. The van der Waals surface area contributed by atoms with E-state index in [4.69, 9.17) is 27.9 Å². The molecule has 0 amide bonds. The van der Waals surface area contributed by atoms with E-state index >= 15 is 0 Å². The number of aromatic nitrogens is 3. The Morgan fingerprint density at radius 1 is 1.17 bits per heavy atom. The minimum Gasteiger partial charge on any atom is -0.455 e. The molecule has 0 aliphatic heterocycles. The Bertz CT molecular complexity index is 1210. The molecule has 4 aromatic rings. The van der Waals surface area contributed by atoms with Crippen molar-refractivity contribution < 1.29 is 9.53 Å². The summed E-state index contributed by atoms with van der Waals surface area (Å²) in [7, 11) is 0. The maximum atomic E-state index is 12.2. The quantitative estimate of drug-likeness (QED) is 0.266. The predicted octanol–water partition coefficient (Wildman–Crippen LogP) is 5.91. The first-order valence-corrected chi connectivity index (χ1v) is 10.7. The van der Waals surface area contributed by atoms with Gasteiger partial charge < -0.3 is 4.74 Å². The SMILES string of the molecule is Cc1nn(Cc2ccccc2Cl)c(Cl)c1C=CC(=O)OCc1nc2ccccc2s1. The maximum absolute atomic E-state index is 12.2. The molecule has 2 aromatic heterocycles. The summed E-state index contributed by atoms with van der Waals surface area (Å²) in [4.78, 5) is 16.6. The van der Waals surface area contributed by atoms with E-state index in [0.29, 0.717) is 28.0 Å². The molecule has 152 valence electrons. The summed E-state index contributed by atoms with van der Waals surface area (Å²) < 4.78 is 8.03. The van der Waals surface area contributed by atoms with E-state index in [2.05, 4.69) is 10.1 Å². The molecule has 0 aliphatic rings. The van der Waals surface area contributed by atoms with Crippen LogP contribution in [0.5, 0.6) is 0 Å². The van der Waals surface area contributed by atoms with Crippen molar-refractivity contribution in [3.05, 3.63) is 86.6 Å². The fourth-order valence-corrected chi connectivity index (χ4v) is 4.34. The lowest BCUT2D eigenvalue weighted by Gasteiger charge is -2.05. The predicted molar refractivity (Wildman–Crippen MR) is 121 cm³/mol. The summed E-state index contributed by atoms with van der Waals surface area (Å²) in [5, 5.41) is 6.29. The van der Waals surface area contributed by atoms with Crippen LogP contribution in [-0.2, 0) is 22.7 Å². The van der Waals surface area contributed by atoms with Crippen molar-refractivity contribution in [2.75, 3.05) is 0 Å². The number of carbonyl (C=O) groups excluding carboxylic acids is 1. The summed E-state index contributed by atoms with van der Waals surface area (Å²) in [5.41, 5.74) is 3.19. The number of hydrogen-bond acceptors (Lipinski definition) is 5. The molecule has 4 rings (SSSR count). The van der Waals surface area contributed by atoms with Crippen molar-refractivity contribution in [3.8, 4) is 0 Å². The van der Waals surface area contributed by atoms with Crippen LogP contribution < -0.4 is 0 Å². The largest absolute Gasteiger partial charge is 0.455 e. The molecule has 0 unspecified atom stereocenters. The number of halogens is 2. The van der Waals surface area contributed by atoms with Gasteiger partial charge in [0.15, 0.2) is 0 Å². The van der Waals surface area contributed by atoms with E-state index in [-0.39, 0.29) is 6.61 Å². The fraction of sp³-hybridized carbons (Fsp3) is 0.136. The lowest BCUT2D eigenvalue weighted by molar-refractivity contribution is -0.138. The van der Waals surface area contributed by atoms with Gasteiger partial charge in [0.2, 0.25) is 0 Å². The Morgan fingerprint density at radius 3 is 2.73 bits per heavy atom. The number of hydrogen-bond donors (Lipinski definition) is 0. The number of nitrogens with zero attached hydrogens (tertiary/aromatic N) is 3. The first-order valence-electron chi connectivity index (χ1n) is 9.17. The summed E-state index contributed by atoms with van der Waals surface area (Å²) in [6.45, 7) is 2.40. The molecular formula is C22H17Cl2N3O2S. The molecule has 0 aliphatic carbocycles. The van der Waals surface area contributed by atoms with Gasteiger partial charge in [0.25, 0.3) is 0 Å². The number of ether oxygens (including phenoxy) is 1. The standard InChI is InChI=1S/C22H17Cl2N3O2S/c1-14-16(22(24)27(26-14)12-15-6-2-3-7-17(15)23)10-11-21(28)29-13-20-25-18-8-4-5-9-19(18)30-20/h2-11H,12-13H2,1H3. The number of thiazole rings is 1. The van der Waals surface area contributed by atoms with E-state index in [1.807, 2.05) is 55.5 Å². The Hall–Kier alpha value is -2.67. The number of fused-ring (bicyclic) bond motifs is 1. The van der Waals surface area contributed by atoms with Crippen LogP contribution in [0.25, 0.3) is 16.3 Å². The molecule has 2 aromatic carbocycles. The molecule has 0 saturated carbocycles. The van der Waals surface area contributed by atoms with Crippen LogP contribution in [0, 0.1) is 6.92 Å². The number of benzene rings is 2. The molecule has 0 spiro atoms. The van der Waals surface area contributed by atoms with E-state index in [0.717, 1.165) is 20.8 Å². The van der Waals surface area contributed by atoms with Crippen LogP contribution >= 0.6 is 34.5 Å². The van der Waals surface area contributed by atoms with Crippen molar-refractivity contribution in [1.29, 1.82) is 0 Å². The van der Waals surface area contributed by atoms with Crippen molar-refractivity contribution in [2.45, 2.75) is 20.1 Å². The molecule has 5 nitrogen and oxygen atoms in total. The minimum atomic E-state index is -0.469. The smallest absolute Gasteiger partial charge is 0.331 e. The highest BCUT2D eigenvalue weighted by molar-refractivity contribution is 7.18. The van der Waals surface area contributed by atoms with Gasteiger partial charge in [-0.15, -0.1) is 11.3 Å². The van der Waals surface area contributed by atoms with Crippen molar-refractivity contribution in [1.82, 2.24) is 14.8 Å². The molecule has 2 heterocycles. The second kappa shape index (κ2) is 9.00. The van der Waals surface area contributed by atoms with Crippen molar-refractivity contribution in [2.24, 2.45) is 0 Å². The second-order valence-corrected chi connectivity index (χ2v) is 8.44. The highest BCUT2D eigenvalue weighted by Gasteiger charge is 2.13. The Labute approximate surface area is 187 Å². The van der Waals surface area contributed by atoms with E-state index in [1.165, 1.54) is 17.4 Å². The molecule has 8 heteroatoms. The van der Waals surface area contributed by atoms with Gasteiger partial charge in [-0.3, -0.25) is 0 Å². The Kier molecular flexibility index (Phi) is 6.18.